The molecular formula is C12H8ClF2N3O. The highest BCUT2D eigenvalue weighted by atomic mass is 35.5. The van der Waals surface area contributed by atoms with Crippen LogP contribution in [0.15, 0.2) is 24.4 Å². The SMILES string of the molecule is Cc1nccc(NC(=O)c2ccc(F)c(Cl)c2F)n1. The smallest absolute Gasteiger partial charge is 0.259 e. The molecule has 2 aromatic rings. The lowest BCUT2D eigenvalue weighted by atomic mass is 10.2. The first-order valence-electron chi connectivity index (χ1n) is 5.23. The topological polar surface area (TPSA) is 54.9 Å². The number of carbonyl (C=O) groups is 1. The summed E-state index contributed by atoms with van der Waals surface area (Å²) >= 11 is 5.40. The van der Waals surface area contributed by atoms with Crippen LogP contribution in [0, 0.1) is 18.6 Å². The minimum atomic E-state index is -1.11. The molecule has 1 aromatic heterocycles. The molecule has 0 atom stereocenters. The minimum Gasteiger partial charge on any atom is -0.306 e. The van der Waals surface area contributed by atoms with E-state index in [1.54, 1.807) is 6.92 Å². The largest absolute Gasteiger partial charge is 0.306 e. The number of rotatable bonds is 2. The predicted molar refractivity (Wildman–Crippen MR) is 66.1 cm³/mol. The number of anilines is 1. The maximum atomic E-state index is 13.6. The fourth-order valence-corrected chi connectivity index (χ4v) is 1.58. The molecule has 0 bridgehead atoms. The molecular weight excluding hydrogens is 276 g/mol. The van der Waals surface area contributed by atoms with Gasteiger partial charge in [-0.25, -0.2) is 18.7 Å². The lowest BCUT2D eigenvalue weighted by Crippen LogP contribution is -2.15. The Hall–Kier alpha value is -2.08. The predicted octanol–water partition coefficient (Wildman–Crippen LogP) is 2.97. The average molecular weight is 284 g/mol. The Morgan fingerprint density at radius 3 is 2.74 bits per heavy atom. The molecule has 0 aliphatic heterocycles. The quantitative estimate of drug-likeness (QED) is 0.862. The third kappa shape index (κ3) is 2.85. The number of benzene rings is 1. The number of carbonyl (C=O) groups excluding carboxylic acids is 1. The molecule has 1 amide bonds. The molecule has 7 heteroatoms. The van der Waals surface area contributed by atoms with Crippen LogP contribution in [-0.4, -0.2) is 15.9 Å². The Morgan fingerprint density at radius 1 is 1.32 bits per heavy atom. The van der Waals surface area contributed by atoms with Crippen molar-refractivity contribution in [2.75, 3.05) is 5.32 Å². The molecule has 0 fully saturated rings. The molecule has 4 nitrogen and oxygen atoms in total. The lowest BCUT2D eigenvalue weighted by molar-refractivity contribution is 0.102. The minimum absolute atomic E-state index is 0.220. The maximum absolute atomic E-state index is 13.6. The van der Waals surface area contributed by atoms with Gasteiger partial charge in [-0.1, -0.05) is 11.6 Å². The summed E-state index contributed by atoms with van der Waals surface area (Å²) < 4.78 is 26.6. The average Bonchev–Trinajstić information content (AvgIpc) is 2.36. The second kappa shape index (κ2) is 5.27. The van der Waals surface area contributed by atoms with Crippen LogP contribution in [0.5, 0.6) is 0 Å². The van der Waals surface area contributed by atoms with Crippen molar-refractivity contribution >= 4 is 23.3 Å². The number of aryl methyl sites for hydroxylation is 1. The van der Waals surface area contributed by atoms with Gasteiger partial charge in [0.1, 0.15) is 22.5 Å². The first-order valence-corrected chi connectivity index (χ1v) is 5.61. The zero-order valence-corrected chi connectivity index (χ0v) is 10.5. The lowest BCUT2D eigenvalue weighted by Gasteiger charge is -2.06. The number of nitrogens with zero attached hydrogens (tertiary/aromatic N) is 2. The van der Waals surface area contributed by atoms with Crippen molar-refractivity contribution in [2.45, 2.75) is 6.92 Å². The second-order valence-electron chi connectivity index (χ2n) is 3.67. The van der Waals surface area contributed by atoms with E-state index in [0.717, 1.165) is 12.1 Å². The molecule has 0 unspecified atom stereocenters. The number of aromatic nitrogens is 2. The molecule has 0 saturated carbocycles. The van der Waals surface area contributed by atoms with Crippen molar-refractivity contribution in [3.05, 3.63) is 52.4 Å². The summed E-state index contributed by atoms with van der Waals surface area (Å²) in [5.41, 5.74) is -0.359. The van der Waals surface area contributed by atoms with Gasteiger partial charge in [-0.05, 0) is 25.1 Å². The van der Waals surface area contributed by atoms with E-state index >= 15 is 0 Å². The molecule has 1 aromatic carbocycles. The van der Waals surface area contributed by atoms with Gasteiger partial charge in [-0.3, -0.25) is 4.79 Å². The van der Waals surface area contributed by atoms with Crippen LogP contribution >= 0.6 is 11.6 Å². The van der Waals surface area contributed by atoms with E-state index in [9.17, 15) is 13.6 Å². The summed E-state index contributed by atoms with van der Waals surface area (Å²) in [6, 6.07) is 3.39. The van der Waals surface area contributed by atoms with Gasteiger partial charge in [0.25, 0.3) is 5.91 Å². The molecule has 2 rings (SSSR count). The van der Waals surface area contributed by atoms with E-state index in [1.807, 2.05) is 0 Å². The van der Waals surface area contributed by atoms with Crippen LogP contribution in [-0.2, 0) is 0 Å². The van der Waals surface area contributed by atoms with Crippen molar-refractivity contribution in [2.24, 2.45) is 0 Å². The normalized spacial score (nSPS) is 10.3. The third-order valence-electron chi connectivity index (χ3n) is 2.30. The monoisotopic (exact) mass is 283 g/mol. The van der Waals surface area contributed by atoms with Crippen LogP contribution in [0.3, 0.4) is 0 Å². The summed E-state index contributed by atoms with van der Waals surface area (Å²) in [4.78, 5) is 19.6. The van der Waals surface area contributed by atoms with E-state index in [4.69, 9.17) is 11.6 Å². The van der Waals surface area contributed by atoms with Gasteiger partial charge < -0.3 is 5.32 Å². The maximum Gasteiger partial charge on any atom is 0.259 e. The Labute approximate surface area is 112 Å². The molecule has 1 N–H and O–H groups in total. The van der Waals surface area contributed by atoms with Gasteiger partial charge in [-0.15, -0.1) is 0 Å². The summed E-state index contributed by atoms with van der Waals surface area (Å²) in [6.07, 6.45) is 1.45. The van der Waals surface area contributed by atoms with Crippen LogP contribution in [0.2, 0.25) is 5.02 Å². The van der Waals surface area contributed by atoms with Crippen molar-refractivity contribution in [1.29, 1.82) is 0 Å². The van der Waals surface area contributed by atoms with Crippen molar-refractivity contribution < 1.29 is 13.6 Å². The van der Waals surface area contributed by atoms with Gasteiger partial charge in [0.2, 0.25) is 0 Å². The summed E-state index contributed by atoms with van der Waals surface area (Å²) in [5.74, 6) is -2.12. The first-order chi connectivity index (χ1) is 8.99. The Morgan fingerprint density at radius 2 is 2.05 bits per heavy atom. The third-order valence-corrected chi connectivity index (χ3v) is 2.64. The Kier molecular flexibility index (Phi) is 3.71. The highest BCUT2D eigenvalue weighted by molar-refractivity contribution is 6.31. The fraction of sp³-hybridized carbons (Fsp3) is 0.0833. The van der Waals surface area contributed by atoms with Crippen LogP contribution < -0.4 is 5.32 Å². The van der Waals surface area contributed by atoms with E-state index in [1.165, 1.54) is 12.3 Å². The summed E-state index contributed by atoms with van der Waals surface area (Å²) in [5, 5.41) is 1.66. The molecule has 0 radical (unpaired) electrons. The van der Waals surface area contributed by atoms with Gasteiger partial charge in [-0.2, -0.15) is 0 Å². The van der Waals surface area contributed by atoms with Gasteiger partial charge in [0.05, 0.1) is 5.56 Å². The molecule has 1 heterocycles. The molecule has 0 aliphatic carbocycles. The summed E-state index contributed by atoms with van der Waals surface area (Å²) in [7, 11) is 0. The highest BCUT2D eigenvalue weighted by Crippen LogP contribution is 2.22. The number of hydrogen-bond donors (Lipinski definition) is 1. The van der Waals surface area contributed by atoms with E-state index in [-0.39, 0.29) is 11.4 Å². The van der Waals surface area contributed by atoms with E-state index in [2.05, 4.69) is 15.3 Å². The van der Waals surface area contributed by atoms with E-state index in [0.29, 0.717) is 5.82 Å². The highest BCUT2D eigenvalue weighted by Gasteiger charge is 2.17. The molecule has 19 heavy (non-hydrogen) atoms. The van der Waals surface area contributed by atoms with Crippen LogP contribution in [0.1, 0.15) is 16.2 Å². The second-order valence-corrected chi connectivity index (χ2v) is 4.04. The fourth-order valence-electron chi connectivity index (χ4n) is 1.41. The van der Waals surface area contributed by atoms with Crippen molar-refractivity contribution in [3.63, 3.8) is 0 Å². The van der Waals surface area contributed by atoms with E-state index < -0.39 is 22.6 Å². The number of hydrogen-bond acceptors (Lipinski definition) is 3. The van der Waals surface area contributed by atoms with Crippen LogP contribution in [0.4, 0.5) is 14.6 Å². The van der Waals surface area contributed by atoms with Crippen molar-refractivity contribution in [1.82, 2.24) is 9.97 Å². The molecule has 0 saturated heterocycles. The Bertz CT molecular complexity index is 649. The summed E-state index contributed by atoms with van der Waals surface area (Å²) in [6.45, 7) is 1.64. The van der Waals surface area contributed by atoms with Crippen LogP contribution in [0.25, 0.3) is 0 Å². The molecule has 0 aliphatic rings. The molecule has 98 valence electrons. The first kappa shape index (κ1) is 13.4. The number of halogens is 3. The van der Waals surface area contributed by atoms with Gasteiger partial charge in [0.15, 0.2) is 5.82 Å². The van der Waals surface area contributed by atoms with Gasteiger partial charge in [0, 0.05) is 6.20 Å². The number of amides is 1. The number of nitrogens with one attached hydrogen (secondary N) is 1. The standard InChI is InChI=1S/C12H8ClF2N3O/c1-6-16-5-4-9(17-6)18-12(19)7-2-3-8(14)10(13)11(7)15/h2-5H,1H3,(H,16,17,18,19). The Balaban J connectivity index is 2.28. The van der Waals surface area contributed by atoms with Gasteiger partial charge >= 0.3 is 0 Å². The van der Waals surface area contributed by atoms with Crippen molar-refractivity contribution in [3.8, 4) is 0 Å². The zero-order valence-electron chi connectivity index (χ0n) is 9.75. The zero-order chi connectivity index (χ0) is 14.0. The molecule has 0 spiro atoms.